The Morgan fingerprint density at radius 1 is 0.783 bits per heavy atom. The van der Waals surface area contributed by atoms with E-state index in [-0.39, 0.29) is 0 Å². The van der Waals surface area contributed by atoms with Gasteiger partial charge < -0.3 is 5.21 Å². The summed E-state index contributed by atoms with van der Waals surface area (Å²) < 4.78 is 1.08. The van der Waals surface area contributed by atoms with Gasteiger partial charge in [0.25, 0.3) is 0 Å². The van der Waals surface area contributed by atoms with Gasteiger partial charge in [0.1, 0.15) is 0 Å². The van der Waals surface area contributed by atoms with Crippen molar-refractivity contribution < 1.29 is 4.74 Å². The summed E-state index contributed by atoms with van der Waals surface area (Å²) in [6.45, 7) is 2.74. The highest BCUT2D eigenvalue weighted by molar-refractivity contribution is 5.51. The third kappa shape index (κ3) is 11.9. The molecule has 0 aromatic heterocycles. The molecule has 130 valence electrons. The molecule has 0 spiro atoms. The molecule has 0 bridgehead atoms. The van der Waals surface area contributed by atoms with Crippen molar-refractivity contribution in [1.82, 2.24) is 0 Å². The van der Waals surface area contributed by atoms with Crippen LogP contribution in [0.3, 0.4) is 0 Å². The quantitative estimate of drug-likeness (QED) is 0.127. The molecule has 0 saturated heterocycles. The number of hydrogen-bond donors (Lipinski definition) is 0. The predicted molar refractivity (Wildman–Crippen MR) is 101 cm³/mol. The lowest BCUT2D eigenvalue weighted by Gasteiger charge is -2.04. The van der Waals surface area contributed by atoms with E-state index in [2.05, 4.69) is 6.92 Å². The summed E-state index contributed by atoms with van der Waals surface area (Å²) >= 11 is 0. The highest BCUT2D eigenvalue weighted by Crippen LogP contribution is 2.11. The second-order valence-corrected chi connectivity index (χ2v) is 6.57. The first kappa shape index (κ1) is 19.7. The monoisotopic (exact) mass is 317 g/mol. The van der Waals surface area contributed by atoms with E-state index in [4.69, 9.17) is 0 Å². The first-order valence-electron chi connectivity index (χ1n) is 9.64. The van der Waals surface area contributed by atoms with Crippen LogP contribution in [-0.4, -0.2) is 11.0 Å². The van der Waals surface area contributed by atoms with E-state index in [0.717, 1.165) is 23.1 Å². The smallest absolute Gasteiger partial charge is 0.178 e. The average molecular weight is 318 g/mol. The van der Waals surface area contributed by atoms with E-state index in [1.807, 2.05) is 30.3 Å². The highest BCUT2D eigenvalue weighted by atomic mass is 16.5. The van der Waals surface area contributed by atoms with Crippen molar-refractivity contribution >= 4 is 6.21 Å². The molecule has 0 atom stereocenters. The molecule has 2 nitrogen and oxygen atoms in total. The first-order valence-corrected chi connectivity index (χ1v) is 9.64. The van der Waals surface area contributed by atoms with E-state index in [1.165, 1.54) is 64.2 Å². The summed E-state index contributed by atoms with van der Waals surface area (Å²) in [5.74, 6) is 0. The molecule has 1 rings (SSSR count). The number of unbranched alkanes of at least 4 members (excludes halogenated alkanes) is 11. The lowest BCUT2D eigenvalue weighted by Crippen LogP contribution is -2.04. The number of hydrogen-bond acceptors (Lipinski definition) is 1. The van der Waals surface area contributed by atoms with Crippen molar-refractivity contribution in [3.8, 4) is 0 Å². The Kier molecular flexibility index (Phi) is 12.3. The largest absolute Gasteiger partial charge is 0.624 e. The number of nitrogens with zero attached hydrogens (tertiary/aromatic N) is 1. The summed E-state index contributed by atoms with van der Waals surface area (Å²) in [6.07, 6.45) is 17.6. The first-order chi connectivity index (χ1) is 11.3. The van der Waals surface area contributed by atoms with E-state index in [1.54, 1.807) is 6.21 Å². The second-order valence-electron chi connectivity index (χ2n) is 6.57. The number of hydroxylamine groups is 1. The van der Waals surface area contributed by atoms with Gasteiger partial charge in [-0.15, -0.1) is 0 Å². The van der Waals surface area contributed by atoms with Crippen LogP contribution in [0.1, 0.15) is 89.5 Å². The zero-order valence-corrected chi connectivity index (χ0v) is 15.0. The summed E-state index contributed by atoms with van der Waals surface area (Å²) in [5, 5.41) is 11.8. The van der Waals surface area contributed by atoms with E-state index in [9.17, 15) is 5.21 Å². The Hall–Kier alpha value is -1.31. The van der Waals surface area contributed by atoms with Crippen molar-refractivity contribution in [2.45, 2.75) is 90.5 Å². The fourth-order valence-electron chi connectivity index (χ4n) is 2.87. The van der Waals surface area contributed by atoms with Gasteiger partial charge >= 0.3 is 0 Å². The average Bonchev–Trinajstić information content (AvgIpc) is 2.57. The lowest BCUT2D eigenvalue weighted by atomic mass is 10.1. The van der Waals surface area contributed by atoms with Crippen LogP contribution < -0.4 is 0 Å². The van der Waals surface area contributed by atoms with Gasteiger partial charge in [-0.2, -0.15) is 0 Å². The molecule has 1 aromatic rings. The van der Waals surface area contributed by atoms with Crippen molar-refractivity contribution in [2.24, 2.45) is 0 Å². The molecule has 0 heterocycles. The van der Waals surface area contributed by atoms with E-state index < -0.39 is 0 Å². The van der Waals surface area contributed by atoms with Crippen molar-refractivity contribution in [3.63, 3.8) is 0 Å². The third-order valence-corrected chi connectivity index (χ3v) is 4.32. The molecule has 0 aliphatic heterocycles. The highest BCUT2D eigenvalue weighted by Gasteiger charge is 1.97. The summed E-state index contributed by atoms with van der Waals surface area (Å²) in [6, 6.07) is 9.94. The van der Waals surface area contributed by atoms with Crippen LogP contribution in [0.2, 0.25) is 0 Å². The Balaban J connectivity index is 1.90. The fraction of sp³-hybridized carbons (Fsp3) is 0.667. The maximum absolute atomic E-state index is 11.8. The van der Waals surface area contributed by atoms with Crippen LogP contribution in [-0.2, 0) is 6.54 Å². The molecule has 0 aliphatic carbocycles. The molecule has 0 unspecified atom stereocenters. The Bertz CT molecular complexity index is 400. The van der Waals surface area contributed by atoms with Gasteiger partial charge in [0.2, 0.25) is 0 Å². The van der Waals surface area contributed by atoms with Crippen molar-refractivity contribution in [2.75, 3.05) is 0 Å². The van der Waals surface area contributed by atoms with Crippen LogP contribution in [0, 0.1) is 5.21 Å². The van der Waals surface area contributed by atoms with Gasteiger partial charge in [0.15, 0.2) is 12.8 Å². The molecule has 0 saturated carbocycles. The maximum Gasteiger partial charge on any atom is 0.178 e. The van der Waals surface area contributed by atoms with Gasteiger partial charge in [-0.3, -0.25) is 0 Å². The van der Waals surface area contributed by atoms with E-state index >= 15 is 0 Å². The molecule has 0 amide bonds. The Labute approximate surface area is 143 Å². The second kappa shape index (κ2) is 14.3. The van der Waals surface area contributed by atoms with Crippen LogP contribution in [0.5, 0.6) is 0 Å². The predicted octanol–water partition coefficient (Wildman–Crippen LogP) is 6.47. The standard InChI is InChI=1S/C21H35NO/c1-2-3-4-5-6-7-8-9-10-11-12-16-19-22(23)20-21-17-14-13-15-18-21/h13-15,17-19H,2-12,16,20H2,1H3/b22-19-. The molecule has 0 radical (unpaired) electrons. The van der Waals surface area contributed by atoms with Crippen LogP contribution in [0.4, 0.5) is 0 Å². The molecular weight excluding hydrogens is 282 g/mol. The minimum Gasteiger partial charge on any atom is -0.624 e. The minimum atomic E-state index is 0.471. The van der Waals surface area contributed by atoms with Crippen molar-refractivity contribution in [3.05, 3.63) is 41.1 Å². The van der Waals surface area contributed by atoms with Gasteiger partial charge in [-0.25, -0.2) is 4.74 Å². The van der Waals surface area contributed by atoms with Crippen LogP contribution in [0.25, 0.3) is 0 Å². The molecule has 2 heteroatoms. The summed E-state index contributed by atoms with van der Waals surface area (Å²) in [5.41, 5.74) is 1.08. The number of benzene rings is 1. The lowest BCUT2D eigenvalue weighted by molar-refractivity contribution is -0.471. The van der Waals surface area contributed by atoms with Gasteiger partial charge in [0.05, 0.1) is 0 Å². The fourth-order valence-corrected chi connectivity index (χ4v) is 2.87. The zero-order valence-electron chi connectivity index (χ0n) is 15.0. The molecule has 1 aromatic carbocycles. The van der Waals surface area contributed by atoms with Crippen LogP contribution >= 0.6 is 0 Å². The van der Waals surface area contributed by atoms with Gasteiger partial charge in [0, 0.05) is 12.0 Å². The molecular formula is C21H35NO. The molecule has 0 aliphatic rings. The van der Waals surface area contributed by atoms with Gasteiger partial charge in [-0.05, 0) is 6.42 Å². The zero-order chi connectivity index (χ0) is 16.6. The SMILES string of the molecule is CCCCCCCCCCCCC/C=[N+](\[O-])Cc1ccccc1. The Morgan fingerprint density at radius 2 is 1.30 bits per heavy atom. The molecule has 0 fully saturated rings. The summed E-state index contributed by atoms with van der Waals surface area (Å²) in [7, 11) is 0. The van der Waals surface area contributed by atoms with Crippen LogP contribution in [0.15, 0.2) is 30.3 Å². The normalized spacial score (nSPS) is 11.8. The number of rotatable bonds is 14. The van der Waals surface area contributed by atoms with Gasteiger partial charge in [-0.1, -0.05) is 101 Å². The maximum atomic E-state index is 11.8. The van der Waals surface area contributed by atoms with E-state index in [0.29, 0.717) is 6.54 Å². The Morgan fingerprint density at radius 3 is 1.87 bits per heavy atom. The summed E-state index contributed by atoms with van der Waals surface area (Å²) in [4.78, 5) is 0. The molecule has 0 N–H and O–H groups in total. The van der Waals surface area contributed by atoms with Crippen molar-refractivity contribution in [1.29, 1.82) is 0 Å². The topological polar surface area (TPSA) is 26.1 Å². The third-order valence-electron chi connectivity index (χ3n) is 4.32. The molecule has 23 heavy (non-hydrogen) atoms. The minimum absolute atomic E-state index is 0.471.